The van der Waals surface area contributed by atoms with Crippen molar-refractivity contribution in [2.45, 2.75) is 18.9 Å². The van der Waals surface area contributed by atoms with Crippen LogP contribution < -0.4 is 5.73 Å². The Bertz CT molecular complexity index is 284. The van der Waals surface area contributed by atoms with Crippen molar-refractivity contribution in [1.82, 2.24) is 4.98 Å². The Kier molecular flexibility index (Phi) is 5.92. The van der Waals surface area contributed by atoms with E-state index in [1.807, 2.05) is 0 Å². The maximum absolute atomic E-state index is 12.0. The molecular formula is C8H10Cl2F2N2. The average Bonchev–Trinajstić information content (AvgIpc) is 2.03. The molecule has 0 spiro atoms. The summed E-state index contributed by atoms with van der Waals surface area (Å²) < 4.78 is 23.9. The molecule has 0 saturated carbocycles. The van der Waals surface area contributed by atoms with Gasteiger partial charge < -0.3 is 5.73 Å². The highest BCUT2D eigenvalue weighted by Gasteiger charge is 2.15. The Morgan fingerprint density at radius 1 is 1.50 bits per heavy atom. The molecule has 1 atom stereocenters. The second-order valence-electron chi connectivity index (χ2n) is 2.62. The van der Waals surface area contributed by atoms with E-state index in [0.29, 0.717) is 5.56 Å². The number of pyridine rings is 1. The van der Waals surface area contributed by atoms with Gasteiger partial charge in [0.2, 0.25) is 6.43 Å². The van der Waals surface area contributed by atoms with E-state index in [2.05, 4.69) is 4.98 Å². The molecule has 0 unspecified atom stereocenters. The minimum Gasteiger partial charge on any atom is -0.324 e. The Balaban J connectivity index is 0.00000169. The van der Waals surface area contributed by atoms with Crippen molar-refractivity contribution in [3.05, 3.63) is 29.0 Å². The standard InChI is InChI=1S/C8H9ClF2N2.ClH/c9-8-5(2-1-3-13-8)6(12)4-7(10)11;/h1-3,6-7H,4,12H2;1H/t6-;/m1./s1. The summed E-state index contributed by atoms with van der Waals surface area (Å²) >= 11 is 5.67. The first kappa shape index (κ1) is 13.5. The van der Waals surface area contributed by atoms with E-state index in [-0.39, 0.29) is 17.6 Å². The zero-order valence-electron chi connectivity index (χ0n) is 7.16. The van der Waals surface area contributed by atoms with Gasteiger partial charge in [-0.15, -0.1) is 12.4 Å². The lowest BCUT2D eigenvalue weighted by atomic mass is 10.1. The lowest BCUT2D eigenvalue weighted by Gasteiger charge is -2.11. The SMILES string of the molecule is Cl.N[C@H](CC(F)F)c1cccnc1Cl. The first-order chi connectivity index (χ1) is 6.11. The second kappa shape index (κ2) is 6.11. The third-order valence-corrected chi connectivity index (χ3v) is 1.94. The zero-order valence-corrected chi connectivity index (χ0v) is 8.73. The Hall–Kier alpha value is -0.450. The van der Waals surface area contributed by atoms with Crippen LogP contribution in [0.1, 0.15) is 18.0 Å². The summed E-state index contributed by atoms with van der Waals surface area (Å²) in [6.45, 7) is 0. The first-order valence-electron chi connectivity index (χ1n) is 3.75. The maximum atomic E-state index is 12.0. The smallest absolute Gasteiger partial charge is 0.240 e. The van der Waals surface area contributed by atoms with Crippen LogP contribution in [0, 0.1) is 0 Å². The van der Waals surface area contributed by atoms with Gasteiger partial charge in [0.25, 0.3) is 0 Å². The molecule has 0 aliphatic carbocycles. The maximum Gasteiger partial charge on any atom is 0.240 e. The number of alkyl halides is 2. The van der Waals surface area contributed by atoms with Gasteiger partial charge in [-0.1, -0.05) is 17.7 Å². The zero-order chi connectivity index (χ0) is 9.84. The van der Waals surface area contributed by atoms with E-state index in [0.717, 1.165) is 0 Å². The molecule has 0 aromatic carbocycles. The summed E-state index contributed by atoms with van der Waals surface area (Å²) in [5, 5.41) is 0.190. The number of hydrogen-bond donors (Lipinski definition) is 1. The molecule has 1 aromatic heterocycles. The van der Waals surface area contributed by atoms with E-state index in [4.69, 9.17) is 17.3 Å². The van der Waals surface area contributed by atoms with Crippen LogP contribution in [0.25, 0.3) is 0 Å². The van der Waals surface area contributed by atoms with Crippen molar-refractivity contribution in [2.24, 2.45) is 5.73 Å². The fraction of sp³-hybridized carbons (Fsp3) is 0.375. The molecule has 0 aliphatic rings. The summed E-state index contributed by atoms with van der Waals surface area (Å²) in [7, 11) is 0. The second-order valence-corrected chi connectivity index (χ2v) is 2.97. The number of nitrogens with two attached hydrogens (primary N) is 1. The fourth-order valence-electron chi connectivity index (χ4n) is 0.994. The summed E-state index contributed by atoms with van der Waals surface area (Å²) in [5.74, 6) is 0. The lowest BCUT2D eigenvalue weighted by molar-refractivity contribution is 0.128. The molecule has 80 valence electrons. The predicted octanol–water partition coefficient (Wildman–Crippen LogP) is 2.81. The molecule has 1 rings (SSSR count). The van der Waals surface area contributed by atoms with Crippen LogP contribution in [0.4, 0.5) is 8.78 Å². The van der Waals surface area contributed by atoms with Crippen molar-refractivity contribution >= 4 is 24.0 Å². The molecular weight excluding hydrogens is 233 g/mol. The van der Waals surface area contributed by atoms with Gasteiger partial charge in [-0.2, -0.15) is 0 Å². The largest absolute Gasteiger partial charge is 0.324 e. The van der Waals surface area contributed by atoms with Crippen LogP contribution >= 0.6 is 24.0 Å². The van der Waals surface area contributed by atoms with E-state index in [9.17, 15) is 8.78 Å². The topological polar surface area (TPSA) is 38.9 Å². The molecule has 1 heterocycles. The van der Waals surface area contributed by atoms with Crippen LogP contribution in [0.15, 0.2) is 18.3 Å². The van der Waals surface area contributed by atoms with E-state index in [1.54, 1.807) is 12.1 Å². The molecule has 14 heavy (non-hydrogen) atoms. The van der Waals surface area contributed by atoms with Gasteiger partial charge in [0.1, 0.15) is 5.15 Å². The van der Waals surface area contributed by atoms with Crippen LogP contribution in [-0.4, -0.2) is 11.4 Å². The van der Waals surface area contributed by atoms with Gasteiger partial charge in [0, 0.05) is 24.2 Å². The minimum absolute atomic E-state index is 0. The van der Waals surface area contributed by atoms with E-state index < -0.39 is 18.9 Å². The monoisotopic (exact) mass is 242 g/mol. The average molecular weight is 243 g/mol. The van der Waals surface area contributed by atoms with Crippen molar-refractivity contribution in [1.29, 1.82) is 0 Å². The third kappa shape index (κ3) is 3.74. The van der Waals surface area contributed by atoms with Crippen LogP contribution in [0.2, 0.25) is 5.15 Å². The van der Waals surface area contributed by atoms with Crippen LogP contribution in [0.5, 0.6) is 0 Å². The molecule has 0 aliphatic heterocycles. The molecule has 2 nitrogen and oxygen atoms in total. The molecule has 0 fully saturated rings. The van der Waals surface area contributed by atoms with Gasteiger partial charge in [-0.25, -0.2) is 13.8 Å². The third-order valence-electron chi connectivity index (χ3n) is 1.62. The molecule has 0 bridgehead atoms. The quantitative estimate of drug-likeness (QED) is 0.829. The highest BCUT2D eigenvalue weighted by molar-refractivity contribution is 6.30. The normalized spacial score (nSPS) is 12.4. The molecule has 0 saturated heterocycles. The van der Waals surface area contributed by atoms with Crippen molar-refractivity contribution in [2.75, 3.05) is 0 Å². The predicted molar refractivity (Wildman–Crippen MR) is 54.0 cm³/mol. The highest BCUT2D eigenvalue weighted by atomic mass is 35.5. The lowest BCUT2D eigenvalue weighted by Crippen LogP contribution is -2.14. The highest BCUT2D eigenvalue weighted by Crippen LogP contribution is 2.23. The van der Waals surface area contributed by atoms with Gasteiger partial charge in [-0.05, 0) is 6.07 Å². The number of aromatic nitrogens is 1. The molecule has 0 radical (unpaired) electrons. The molecule has 0 amide bonds. The van der Waals surface area contributed by atoms with Crippen LogP contribution in [0.3, 0.4) is 0 Å². The fourth-order valence-corrected chi connectivity index (χ4v) is 1.25. The van der Waals surface area contributed by atoms with Gasteiger partial charge in [-0.3, -0.25) is 0 Å². The number of hydrogen-bond acceptors (Lipinski definition) is 2. The number of halogens is 4. The summed E-state index contributed by atoms with van der Waals surface area (Å²) in [4.78, 5) is 3.75. The molecule has 6 heteroatoms. The Morgan fingerprint density at radius 3 is 2.64 bits per heavy atom. The minimum atomic E-state index is -2.42. The van der Waals surface area contributed by atoms with Crippen molar-refractivity contribution < 1.29 is 8.78 Å². The van der Waals surface area contributed by atoms with Gasteiger partial charge in [0.15, 0.2) is 0 Å². The summed E-state index contributed by atoms with van der Waals surface area (Å²) in [6.07, 6.45) is -1.34. The van der Waals surface area contributed by atoms with Gasteiger partial charge >= 0.3 is 0 Å². The summed E-state index contributed by atoms with van der Waals surface area (Å²) in [5.41, 5.74) is 5.95. The van der Waals surface area contributed by atoms with Gasteiger partial charge in [0.05, 0.1) is 0 Å². The Morgan fingerprint density at radius 2 is 2.14 bits per heavy atom. The van der Waals surface area contributed by atoms with Crippen molar-refractivity contribution in [3.63, 3.8) is 0 Å². The van der Waals surface area contributed by atoms with E-state index in [1.165, 1.54) is 6.20 Å². The van der Waals surface area contributed by atoms with Crippen LogP contribution in [-0.2, 0) is 0 Å². The van der Waals surface area contributed by atoms with Crippen molar-refractivity contribution in [3.8, 4) is 0 Å². The van der Waals surface area contributed by atoms with E-state index >= 15 is 0 Å². The number of rotatable bonds is 3. The number of nitrogens with zero attached hydrogens (tertiary/aromatic N) is 1. The first-order valence-corrected chi connectivity index (χ1v) is 4.13. The Labute approximate surface area is 91.9 Å². The molecule has 1 aromatic rings. The molecule has 2 N–H and O–H groups in total. The summed E-state index contributed by atoms with van der Waals surface area (Å²) in [6, 6.07) is 2.47.